The molecule has 1 aromatic heterocycles. The van der Waals surface area contributed by atoms with Crippen molar-refractivity contribution in [1.82, 2.24) is 0 Å². The van der Waals surface area contributed by atoms with E-state index in [4.69, 9.17) is 10.2 Å². The standard InChI is InChI=1S/C43H31NO.CH5N/c44-41(33-23-21-30(22-24-33)29-11-3-1-4-12-29)28-40(31-13-5-2-6-14-31)35-17-9-16-34(27-35)37-19-10-20-38-39-26-25-32-15-7-8-18-36(32)42(39)45-43(37)38;1-2/h1-28,40H,44H2;2H2,1H3/b41-28-;. The van der Waals surface area contributed by atoms with Gasteiger partial charge in [0, 0.05) is 33.3 Å². The molecule has 0 amide bonds. The molecule has 0 fully saturated rings. The number of hydrogen-bond acceptors (Lipinski definition) is 3. The second-order valence-electron chi connectivity index (χ2n) is 11.5. The minimum atomic E-state index is -0.0289. The van der Waals surface area contributed by atoms with Gasteiger partial charge in [-0.05, 0) is 58.0 Å². The summed E-state index contributed by atoms with van der Waals surface area (Å²) in [6, 6.07) is 57.4. The van der Waals surface area contributed by atoms with Crippen LogP contribution in [0.25, 0.3) is 60.7 Å². The van der Waals surface area contributed by atoms with Crippen LogP contribution in [0.5, 0.6) is 0 Å². The van der Waals surface area contributed by atoms with Crippen LogP contribution in [0.1, 0.15) is 22.6 Å². The predicted molar refractivity (Wildman–Crippen MR) is 199 cm³/mol. The molecule has 0 radical (unpaired) electrons. The Bertz CT molecular complexity index is 2320. The van der Waals surface area contributed by atoms with Crippen LogP contribution in [0.3, 0.4) is 0 Å². The molecule has 0 aliphatic carbocycles. The van der Waals surface area contributed by atoms with Crippen LogP contribution in [-0.2, 0) is 0 Å². The fourth-order valence-electron chi connectivity index (χ4n) is 6.46. The summed E-state index contributed by atoms with van der Waals surface area (Å²) >= 11 is 0. The van der Waals surface area contributed by atoms with E-state index in [0.29, 0.717) is 0 Å². The fourth-order valence-corrected chi connectivity index (χ4v) is 6.46. The van der Waals surface area contributed by atoms with Crippen LogP contribution < -0.4 is 11.5 Å². The van der Waals surface area contributed by atoms with Gasteiger partial charge in [-0.15, -0.1) is 0 Å². The summed E-state index contributed by atoms with van der Waals surface area (Å²) in [4.78, 5) is 0. The molecule has 228 valence electrons. The maximum absolute atomic E-state index is 6.82. The minimum absolute atomic E-state index is 0.0289. The smallest absolute Gasteiger partial charge is 0.143 e. The van der Waals surface area contributed by atoms with Crippen LogP contribution in [0, 0.1) is 0 Å². The highest BCUT2D eigenvalue weighted by Crippen LogP contribution is 2.40. The number of allylic oxidation sites excluding steroid dienone is 1. The van der Waals surface area contributed by atoms with E-state index in [1.807, 2.05) is 6.07 Å². The second-order valence-corrected chi connectivity index (χ2v) is 11.5. The van der Waals surface area contributed by atoms with Crippen LogP contribution in [0.15, 0.2) is 174 Å². The van der Waals surface area contributed by atoms with Crippen LogP contribution in [-0.4, -0.2) is 7.05 Å². The number of benzene rings is 7. The molecule has 0 bridgehead atoms. The SMILES string of the molecule is CN.N/C(=C\C(c1ccccc1)c1cccc(-c2cccc3c2oc2c4ccccc4ccc32)c1)c1ccc(-c2ccccc2)cc1. The molecule has 8 aromatic rings. The number of furan rings is 1. The van der Waals surface area contributed by atoms with E-state index in [0.717, 1.165) is 49.7 Å². The topological polar surface area (TPSA) is 65.2 Å². The summed E-state index contributed by atoms with van der Waals surface area (Å²) in [5.74, 6) is -0.0289. The molecule has 3 heteroatoms. The highest BCUT2D eigenvalue weighted by molar-refractivity contribution is 6.17. The van der Waals surface area contributed by atoms with Crippen molar-refractivity contribution in [1.29, 1.82) is 0 Å². The largest absolute Gasteiger partial charge is 0.455 e. The normalized spacial score (nSPS) is 12.2. The van der Waals surface area contributed by atoms with Gasteiger partial charge in [-0.25, -0.2) is 0 Å². The maximum Gasteiger partial charge on any atom is 0.143 e. The Labute approximate surface area is 275 Å². The predicted octanol–water partition coefficient (Wildman–Crippen LogP) is 10.8. The molecule has 3 nitrogen and oxygen atoms in total. The number of fused-ring (bicyclic) bond motifs is 5. The summed E-state index contributed by atoms with van der Waals surface area (Å²) in [7, 11) is 1.50. The average molecular weight is 609 g/mol. The Hall–Kier alpha value is -5.90. The monoisotopic (exact) mass is 608 g/mol. The van der Waals surface area contributed by atoms with Gasteiger partial charge in [0.25, 0.3) is 0 Å². The lowest BCUT2D eigenvalue weighted by atomic mass is 9.87. The van der Waals surface area contributed by atoms with Gasteiger partial charge in [0.2, 0.25) is 0 Å². The fraction of sp³-hybridized carbons (Fsp3) is 0.0455. The lowest BCUT2D eigenvalue weighted by Gasteiger charge is -2.17. The number of hydrogen-bond donors (Lipinski definition) is 2. The third-order valence-electron chi connectivity index (χ3n) is 8.78. The molecule has 47 heavy (non-hydrogen) atoms. The first-order valence-corrected chi connectivity index (χ1v) is 15.9. The first kappa shape index (κ1) is 29.8. The Kier molecular flexibility index (Phi) is 8.38. The molecular weight excluding hydrogens is 572 g/mol. The van der Waals surface area contributed by atoms with Gasteiger partial charge in [0.05, 0.1) is 0 Å². The zero-order valence-electron chi connectivity index (χ0n) is 26.3. The first-order chi connectivity index (χ1) is 23.2. The molecule has 8 rings (SSSR count). The van der Waals surface area contributed by atoms with Gasteiger partial charge < -0.3 is 15.9 Å². The van der Waals surface area contributed by atoms with Crippen molar-refractivity contribution in [3.8, 4) is 22.3 Å². The van der Waals surface area contributed by atoms with E-state index < -0.39 is 0 Å². The van der Waals surface area contributed by atoms with Gasteiger partial charge in [-0.1, -0.05) is 158 Å². The third-order valence-corrected chi connectivity index (χ3v) is 8.78. The molecule has 1 unspecified atom stereocenters. The Morgan fingerprint density at radius 3 is 1.89 bits per heavy atom. The summed E-state index contributed by atoms with van der Waals surface area (Å²) in [5, 5.41) is 4.57. The van der Waals surface area contributed by atoms with Gasteiger partial charge in [-0.3, -0.25) is 0 Å². The number of para-hydroxylation sites is 1. The van der Waals surface area contributed by atoms with Gasteiger partial charge in [0.15, 0.2) is 0 Å². The first-order valence-electron chi connectivity index (χ1n) is 15.9. The average Bonchev–Trinajstić information content (AvgIpc) is 3.55. The van der Waals surface area contributed by atoms with Crippen molar-refractivity contribution in [3.63, 3.8) is 0 Å². The van der Waals surface area contributed by atoms with Crippen molar-refractivity contribution >= 4 is 38.4 Å². The molecule has 4 N–H and O–H groups in total. The van der Waals surface area contributed by atoms with E-state index in [9.17, 15) is 0 Å². The molecule has 0 spiro atoms. The minimum Gasteiger partial charge on any atom is -0.455 e. The zero-order valence-corrected chi connectivity index (χ0v) is 26.3. The molecule has 1 atom stereocenters. The van der Waals surface area contributed by atoms with Gasteiger partial charge in [-0.2, -0.15) is 0 Å². The molecular formula is C44H36N2O. The summed E-state index contributed by atoms with van der Waals surface area (Å²) in [6.07, 6.45) is 2.18. The Morgan fingerprint density at radius 1 is 0.511 bits per heavy atom. The quantitative estimate of drug-likeness (QED) is 0.197. The van der Waals surface area contributed by atoms with Crippen molar-refractivity contribution in [3.05, 3.63) is 187 Å². The summed E-state index contributed by atoms with van der Waals surface area (Å²) in [6.45, 7) is 0. The molecule has 0 aliphatic heterocycles. The molecule has 0 aliphatic rings. The molecule has 0 saturated heterocycles. The Morgan fingerprint density at radius 2 is 1.11 bits per heavy atom. The van der Waals surface area contributed by atoms with Crippen molar-refractivity contribution in [2.75, 3.05) is 7.05 Å². The van der Waals surface area contributed by atoms with E-state index >= 15 is 0 Å². The van der Waals surface area contributed by atoms with Crippen LogP contribution >= 0.6 is 0 Å². The highest BCUT2D eigenvalue weighted by atomic mass is 16.3. The zero-order chi connectivity index (χ0) is 32.2. The molecule has 1 heterocycles. The van der Waals surface area contributed by atoms with E-state index in [-0.39, 0.29) is 5.92 Å². The third kappa shape index (κ3) is 5.81. The van der Waals surface area contributed by atoms with Crippen LogP contribution in [0.2, 0.25) is 0 Å². The van der Waals surface area contributed by atoms with Crippen molar-refractivity contribution in [2.45, 2.75) is 5.92 Å². The van der Waals surface area contributed by atoms with Crippen LogP contribution in [0.4, 0.5) is 0 Å². The van der Waals surface area contributed by atoms with Gasteiger partial charge >= 0.3 is 0 Å². The lowest BCUT2D eigenvalue weighted by Crippen LogP contribution is -2.04. The van der Waals surface area contributed by atoms with E-state index in [2.05, 4.69) is 170 Å². The summed E-state index contributed by atoms with van der Waals surface area (Å²) < 4.78 is 6.67. The van der Waals surface area contributed by atoms with Crippen molar-refractivity contribution in [2.24, 2.45) is 11.5 Å². The second kappa shape index (κ2) is 13.2. The highest BCUT2D eigenvalue weighted by Gasteiger charge is 2.17. The maximum atomic E-state index is 6.82. The summed E-state index contributed by atoms with van der Waals surface area (Å²) in [5.41, 5.74) is 21.8. The number of nitrogens with two attached hydrogens (primary N) is 2. The molecule has 7 aromatic carbocycles. The van der Waals surface area contributed by atoms with E-state index in [1.54, 1.807) is 0 Å². The van der Waals surface area contributed by atoms with Crippen molar-refractivity contribution < 1.29 is 4.42 Å². The van der Waals surface area contributed by atoms with E-state index in [1.165, 1.54) is 34.7 Å². The lowest BCUT2D eigenvalue weighted by molar-refractivity contribution is 0.674. The van der Waals surface area contributed by atoms with Gasteiger partial charge in [0.1, 0.15) is 11.2 Å². The molecule has 0 saturated carbocycles. The number of rotatable bonds is 6. The Balaban J connectivity index is 0.00000172.